The molecule has 2 nitrogen and oxygen atoms in total. The van der Waals surface area contributed by atoms with Crippen molar-refractivity contribution in [3.05, 3.63) is 10.8 Å². The Hall–Kier alpha value is -0.700. The van der Waals surface area contributed by atoms with Crippen LogP contribution >= 0.6 is 11.3 Å². The number of thiophene rings is 1. The lowest BCUT2D eigenvalue weighted by atomic mass is 10.1. The maximum Gasteiger partial charge on any atom is 0.153 e. The van der Waals surface area contributed by atoms with Gasteiger partial charge in [-0.25, -0.2) is 0 Å². The van der Waals surface area contributed by atoms with Gasteiger partial charge in [0.1, 0.15) is 6.61 Å². The molecule has 0 atom stereocenters. The summed E-state index contributed by atoms with van der Waals surface area (Å²) in [5.74, 6) is 0.995. The van der Waals surface area contributed by atoms with Crippen molar-refractivity contribution in [2.75, 3.05) is 11.9 Å². The number of hydrogen-bond acceptors (Lipinski definition) is 3. The Morgan fingerprint density at radius 2 is 2.36 bits per heavy atom. The molecule has 1 aliphatic rings. The predicted molar refractivity (Wildman–Crippen MR) is 47.5 cm³/mol. The van der Waals surface area contributed by atoms with Gasteiger partial charge < -0.3 is 10.1 Å². The number of hydrogen-bond donors (Lipinski definition) is 1. The molecule has 1 aromatic rings. The first-order valence-corrected chi connectivity index (χ1v) is 4.59. The molecule has 2 heterocycles. The second kappa shape index (κ2) is 2.14. The van der Waals surface area contributed by atoms with Gasteiger partial charge in [-0.15, -0.1) is 11.3 Å². The second-order valence-corrected chi connectivity index (χ2v) is 4.19. The Morgan fingerprint density at radius 3 is 3.18 bits per heavy atom. The molecule has 0 spiro atoms. The van der Waals surface area contributed by atoms with Crippen LogP contribution in [0.5, 0.6) is 5.75 Å². The van der Waals surface area contributed by atoms with Crippen molar-refractivity contribution in [3.63, 3.8) is 0 Å². The molecule has 11 heavy (non-hydrogen) atoms. The van der Waals surface area contributed by atoms with Crippen LogP contribution < -0.4 is 10.1 Å². The minimum atomic E-state index is 0.0775. The molecule has 0 radical (unpaired) electrons. The summed E-state index contributed by atoms with van der Waals surface area (Å²) in [4.78, 5) is 0. The third kappa shape index (κ3) is 1.20. The average Bonchev–Trinajstić information content (AvgIpc) is 2.31. The van der Waals surface area contributed by atoms with Crippen molar-refractivity contribution in [2.45, 2.75) is 19.4 Å². The van der Waals surface area contributed by atoms with Gasteiger partial charge in [-0.05, 0) is 13.8 Å². The summed E-state index contributed by atoms with van der Waals surface area (Å²) in [6.45, 7) is 5.01. The molecule has 0 saturated heterocycles. The minimum absolute atomic E-state index is 0.0775. The first kappa shape index (κ1) is 6.98. The fourth-order valence-corrected chi connectivity index (χ4v) is 1.84. The van der Waals surface area contributed by atoms with Crippen LogP contribution in [0.2, 0.25) is 0 Å². The van der Waals surface area contributed by atoms with Gasteiger partial charge >= 0.3 is 0 Å². The summed E-state index contributed by atoms with van der Waals surface area (Å²) in [5.41, 5.74) is 1.21. The molecule has 1 aromatic heterocycles. The standard InChI is InChI=1S/C8H11NOS/c1-8(2)5-10-7-4-11-3-6(7)9-8/h3-4,9H,5H2,1-2H3. The number of rotatable bonds is 0. The number of anilines is 1. The number of nitrogens with one attached hydrogen (secondary N) is 1. The van der Waals surface area contributed by atoms with E-state index in [4.69, 9.17) is 4.74 Å². The van der Waals surface area contributed by atoms with E-state index in [0.29, 0.717) is 0 Å². The highest BCUT2D eigenvalue weighted by molar-refractivity contribution is 7.08. The minimum Gasteiger partial charge on any atom is -0.488 e. The van der Waals surface area contributed by atoms with Crippen LogP contribution in [0.3, 0.4) is 0 Å². The first-order chi connectivity index (χ1) is 5.17. The molecule has 0 aromatic carbocycles. The molecule has 60 valence electrons. The molecule has 3 heteroatoms. The van der Waals surface area contributed by atoms with E-state index in [9.17, 15) is 0 Å². The van der Waals surface area contributed by atoms with Gasteiger partial charge in [0, 0.05) is 10.8 Å². The zero-order valence-corrected chi connectivity index (χ0v) is 7.49. The van der Waals surface area contributed by atoms with E-state index < -0.39 is 0 Å². The van der Waals surface area contributed by atoms with Crippen LogP contribution in [0.1, 0.15) is 13.8 Å². The van der Waals surface area contributed by atoms with E-state index in [0.717, 1.165) is 18.0 Å². The van der Waals surface area contributed by atoms with Gasteiger partial charge in [0.05, 0.1) is 11.2 Å². The average molecular weight is 169 g/mol. The van der Waals surface area contributed by atoms with E-state index in [-0.39, 0.29) is 5.54 Å². The van der Waals surface area contributed by atoms with E-state index >= 15 is 0 Å². The Balaban J connectivity index is 2.32. The van der Waals surface area contributed by atoms with Crippen LogP contribution in [-0.4, -0.2) is 12.1 Å². The Kier molecular flexibility index (Phi) is 1.36. The van der Waals surface area contributed by atoms with E-state index in [1.807, 2.05) is 5.38 Å². The van der Waals surface area contributed by atoms with Crippen LogP contribution in [0.25, 0.3) is 0 Å². The van der Waals surface area contributed by atoms with Gasteiger partial charge in [0.25, 0.3) is 0 Å². The summed E-state index contributed by atoms with van der Waals surface area (Å²) < 4.78 is 5.53. The summed E-state index contributed by atoms with van der Waals surface area (Å²) in [7, 11) is 0. The molecule has 0 amide bonds. The smallest absolute Gasteiger partial charge is 0.153 e. The largest absolute Gasteiger partial charge is 0.488 e. The molecule has 0 bridgehead atoms. The lowest BCUT2D eigenvalue weighted by Gasteiger charge is -2.31. The van der Waals surface area contributed by atoms with Crippen LogP contribution in [0, 0.1) is 0 Å². The highest BCUT2D eigenvalue weighted by Gasteiger charge is 2.25. The van der Waals surface area contributed by atoms with Gasteiger partial charge in [-0.1, -0.05) is 0 Å². The lowest BCUT2D eigenvalue weighted by Crippen LogP contribution is -2.40. The molecule has 2 rings (SSSR count). The molecular formula is C8H11NOS. The lowest BCUT2D eigenvalue weighted by molar-refractivity contribution is 0.243. The Morgan fingerprint density at radius 1 is 1.55 bits per heavy atom. The number of ether oxygens (including phenoxy) is 1. The van der Waals surface area contributed by atoms with Gasteiger partial charge in [0.15, 0.2) is 5.75 Å². The van der Waals surface area contributed by atoms with Crippen LogP contribution in [0.4, 0.5) is 5.69 Å². The molecule has 0 fully saturated rings. The molecule has 0 aliphatic carbocycles. The zero-order chi connectivity index (χ0) is 7.90. The van der Waals surface area contributed by atoms with Gasteiger partial charge in [-0.2, -0.15) is 0 Å². The molecular weight excluding hydrogens is 158 g/mol. The van der Waals surface area contributed by atoms with Crippen molar-refractivity contribution < 1.29 is 4.74 Å². The highest BCUT2D eigenvalue weighted by Crippen LogP contribution is 2.35. The Labute approximate surface area is 70.2 Å². The SMILES string of the molecule is CC1(C)COc2cscc2N1. The summed E-state index contributed by atoms with van der Waals surface area (Å²) in [6, 6.07) is 0. The molecule has 0 unspecified atom stereocenters. The van der Waals surface area contributed by atoms with Gasteiger partial charge in [0.2, 0.25) is 0 Å². The van der Waals surface area contributed by atoms with Gasteiger partial charge in [-0.3, -0.25) is 0 Å². The molecule has 1 N–H and O–H groups in total. The fourth-order valence-electron chi connectivity index (χ4n) is 1.15. The van der Waals surface area contributed by atoms with Crippen LogP contribution in [-0.2, 0) is 0 Å². The summed E-state index contributed by atoms with van der Waals surface area (Å²) >= 11 is 1.67. The predicted octanol–water partition coefficient (Wildman–Crippen LogP) is 2.33. The third-order valence-electron chi connectivity index (χ3n) is 1.69. The third-order valence-corrected chi connectivity index (χ3v) is 2.41. The summed E-state index contributed by atoms with van der Waals surface area (Å²) in [6.07, 6.45) is 0. The van der Waals surface area contributed by atoms with Crippen LogP contribution in [0.15, 0.2) is 10.8 Å². The highest BCUT2D eigenvalue weighted by atomic mass is 32.1. The first-order valence-electron chi connectivity index (χ1n) is 3.65. The fraction of sp³-hybridized carbons (Fsp3) is 0.500. The van der Waals surface area contributed by atoms with Crippen molar-refractivity contribution in [1.82, 2.24) is 0 Å². The van der Waals surface area contributed by atoms with Crippen molar-refractivity contribution in [2.24, 2.45) is 0 Å². The number of fused-ring (bicyclic) bond motifs is 1. The zero-order valence-electron chi connectivity index (χ0n) is 6.68. The monoisotopic (exact) mass is 169 g/mol. The molecule has 0 saturated carbocycles. The molecule has 1 aliphatic heterocycles. The quantitative estimate of drug-likeness (QED) is 0.643. The van der Waals surface area contributed by atoms with Crippen molar-refractivity contribution >= 4 is 17.0 Å². The normalized spacial score (nSPS) is 19.8. The maximum atomic E-state index is 5.53. The maximum absolute atomic E-state index is 5.53. The van der Waals surface area contributed by atoms with E-state index in [1.165, 1.54) is 0 Å². The summed E-state index contributed by atoms with van der Waals surface area (Å²) in [5, 5.41) is 7.51. The second-order valence-electron chi connectivity index (χ2n) is 3.45. The topological polar surface area (TPSA) is 21.3 Å². The van der Waals surface area contributed by atoms with E-state index in [2.05, 4.69) is 24.5 Å². The van der Waals surface area contributed by atoms with Crippen molar-refractivity contribution in [3.8, 4) is 5.75 Å². The van der Waals surface area contributed by atoms with E-state index in [1.54, 1.807) is 11.3 Å². The Bertz CT molecular complexity index is 267. The van der Waals surface area contributed by atoms with Crippen molar-refractivity contribution in [1.29, 1.82) is 0 Å².